The number of halogens is 2. The van der Waals surface area contributed by atoms with Gasteiger partial charge in [0.2, 0.25) is 0 Å². The van der Waals surface area contributed by atoms with Crippen LogP contribution in [0.5, 0.6) is 0 Å². The molecule has 1 aromatic carbocycles. The van der Waals surface area contributed by atoms with E-state index < -0.39 is 0 Å². The number of hydrogen-bond acceptors (Lipinski definition) is 2. The standard InChI is InChI=1S/C16H24ClFN2/c1-2-3-12-6-8-20(9-7-12)16(11-19)13-4-5-14(17)15(18)10-13/h4-5,10,12,16H,2-3,6-9,11,19H2,1H3. The Morgan fingerprint density at radius 2 is 2.10 bits per heavy atom. The zero-order valence-electron chi connectivity index (χ0n) is 12.1. The average molecular weight is 299 g/mol. The number of piperidine rings is 1. The average Bonchev–Trinajstić information content (AvgIpc) is 2.46. The second-order valence-corrected chi connectivity index (χ2v) is 6.10. The summed E-state index contributed by atoms with van der Waals surface area (Å²) in [6.45, 7) is 4.86. The van der Waals surface area contributed by atoms with Crippen LogP contribution in [0.1, 0.15) is 44.2 Å². The fourth-order valence-electron chi connectivity index (χ4n) is 3.18. The molecule has 2 N–H and O–H groups in total. The molecule has 1 saturated heterocycles. The summed E-state index contributed by atoms with van der Waals surface area (Å²) in [5.41, 5.74) is 6.85. The van der Waals surface area contributed by atoms with Crippen LogP contribution in [0.2, 0.25) is 5.02 Å². The maximum absolute atomic E-state index is 13.6. The molecule has 2 nitrogen and oxygen atoms in total. The molecule has 0 amide bonds. The van der Waals surface area contributed by atoms with Crippen molar-refractivity contribution in [2.75, 3.05) is 19.6 Å². The van der Waals surface area contributed by atoms with E-state index in [-0.39, 0.29) is 16.9 Å². The first kappa shape index (κ1) is 15.7. The molecule has 2 rings (SSSR count). The molecule has 0 aromatic heterocycles. The van der Waals surface area contributed by atoms with Gasteiger partial charge in [-0.25, -0.2) is 4.39 Å². The van der Waals surface area contributed by atoms with Gasteiger partial charge in [-0.05, 0) is 49.5 Å². The number of benzene rings is 1. The summed E-state index contributed by atoms with van der Waals surface area (Å²) >= 11 is 5.75. The van der Waals surface area contributed by atoms with E-state index in [4.69, 9.17) is 17.3 Å². The molecule has 0 bridgehead atoms. The van der Waals surface area contributed by atoms with Crippen molar-refractivity contribution in [3.05, 3.63) is 34.6 Å². The van der Waals surface area contributed by atoms with Crippen LogP contribution < -0.4 is 5.73 Å². The van der Waals surface area contributed by atoms with Crippen LogP contribution in [0, 0.1) is 11.7 Å². The van der Waals surface area contributed by atoms with E-state index in [2.05, 4.69) is 11.8 Å². The maximum Gasteiger partial charge on any atom is 0.142 e. The van der Waals surface area contributed by atoms with E-state index in [0.29, 0.717) is 6.54 Å². The zero-order chi connectivity index (χ0) is 14.5. The number of hydrogen-bond donors (Lipinski definition) is 1. The molecule has 20 heavy (non-hydrogen) atoms. The van der Waals surface area contributed by atoms with Gasteiger partial charge >= 0.3 is 0 Å². The Morgan fingerprint density at radius 1 is 1.40 bits per heavy atom. The summed E-state index contributed by atoms with van der Waals surface area (Å²) in [5.74, 6) is 0.486. The van der Waals surface area contributed by atoms with Gasteiger partial charge in [0.05, 0.1) is 5.02 Å². The third kappa shape index (κ3) is 3.72. The summed E-state index contributed by atoms with van der Waals surface area (Å²) in [6, 6.07) is 5.14. The number of rotatable bonds is 5. The van der Waals surface area contributed by atoms with Gasteiger partial charge in [0.15, 0.2) is 0 Å². The minimum atomic E-state index is -0.358. The molecule has 0 radical (unpaired) electrons. The Hall–Kier alpha value is -0.640. The number of likely N-dealkylation sites (tertiary alicyclic amines) is 1. The summed E-state index contributed by atoms with van der Waals surface area (Å²) < 4.78 is 13.6. The molecule has 1 aromatic rings. The predicted octanol–water partition coefficient (Wildman–Crippen LogP) is 3.99. The van der Waals surface area contributed by atoms with Crippen molar-refractivity contribution in [1.82, 2.24) is 4.90 Å². The normalized spacial score (nSPS) is 19.2. The van der Waals surface area contributed by atoms with Crippen LogP contribution in [-0.4, -0.2) is 24.5 Å². The van der Waals surface area contributed by atoms with Crippen LogP contribution >= 0.6 is 11.6 Å². The minimum Gasteiger partial charge on any atom is -0.329 e. The summed E-state index contributed by atoms with van der Waals surface area (Å²) in [6.07, 6.45) is 5.02. The molecule has 1 aliphatic rings. The van der Waals surface area contributed by atoms with Crippen molar-refractivity contribution in [3.63, 3.8) is 0 Å². The van der Waals surface area contributed by atoms with Crippen LogP contribution in [-0.2, 0) is 0 Å². The van der Waals surface area contributed by atoms with E-state index in [0.717, 1.165) is 24.6 Å². The molecular formula is C16H24ClFN2. The lowest BCUT2D eigenvalue weighted by Gasteiger charge is -2.37. The van der Waals surface area contributed by atoms with Crippen LogP contribution in [0.15, 0.2) is 18.2 Å². The largest absolute Gasteiger partial charge is 0.329 e. The van der Waals surface area contributed by atoms with E-state index in [1.165, 1.54) is 31.7 Å². The highest BCUT2D eigenvalue weighted by Gasteiger charge is 2.25. The Kier molecular flexibility index (Phi) is 5.82. The Bertz CT molecular complexity index is 430. The van der Waals surface area contributed by atoms with Gasteiger partial charge in [0.25, 0.3) is 0 Å². The van der Waals surface area contributed by atoms with Crippen molar-refractivity contribution in [3.8, 4) is 0 Å². The smallest absolute Gasteiger partial charge is 0.142 e. The lowest BCUT2D eigenvalue weighted by atomic mass is 9.91. The van der Waals surface area contributed by atoms with Crippen LogP contribution in [0.3, 0.4) is 0 Å². The second-order valence-electron chi connectivity index (χ2n) is 5.69. The fourth-order valence-corrected chi connectivity index (χ4v) is 3.29. The molecule has 4 heteroatoms. The predicted molar refractivity (Wildman–Crippen MR) is 82.4 cm³/mol. The Labute approximate surface area is 126 Å². The van der Waals surface area contributed by atoms with Gasteiger partial charge < -0.3 is 5.73 Å². The highest BCUT2D eigenvalue weighted by Crippen LogP contribution is 2.29. The van der Waals surface area contributed by atoms with Crippen LogP contribution in [0.25, 0.3) is 0 Å². The van der Waals surface area contributed by atoms with Crippen molar-refractivity contribution in [2.24, 2.45) is 11.7 Å². The molecule has 0 aliphatic carbocycles. The van der Waals surface area contributed by atoms with E-state index in [9.17, 15) is 4.39 Å². The number of nitrogens with zero attached hydrogens (tertiary/aromatic N) is 1. The molecule has 1 atom stereocenters. The first-order valence-electron chi connectivity index (χ1n) is 7.54. The van der Waals surface area contributed by atoms with Gasteiger partial charge in [0, 0.05) is 12.6 Å². The van der Waals surface area contributed by atoms with Gasteiger partial charge in [-0.15, -0.1) is 0 Å². The maximum atomic E-state index is 13.6. The third-order valence-corrected chi connectivity index (χ3v) is 4.65. The van der Waals surface area contributed by atoms with E-state index >= 15 is 0 Å². The summed E-state index contributed by atoms with van der Waals surface area (Å²) in [7, 11) is 0. The molecule has 1 aliphatic heterocycles. The molecule has 1 fully saturated rings. The van der Waals surface area contributed by atoms with Crippen molar-refractivity contribution >= 4 is 11.6 Å². The summed E-state index contributed by atoms with van der Waals surface area (Å²) in [4.78, 5) is 2.38. The van der Waals surface area contributed by atoms with Gasteiger partial charge in [-0.2, -0.15) is 0 Å². The van der Waals surface area contributed by atoms with Crippen LogP contribution in [0.4, 0.5) is 4.39 Å². The quantitative estimate of drug-likeness (QED) is 0.890. The molecule has 0 spiro atoms. The molecule has 1 unspecified atom stereocenters. The first-order valence-corrected chi connectivity index (χ1v) is 7.92. The SMILES string of the molecule is CCCC1CCN(C(CN)c2ccc(Cl)c(F)c2)CC1. The first-order chi connectivity index (χ1) is 9.65. The molecular weight excluding hydrogens is 275 g/mol. The Morgan fingerprint density at radius 3 is 2.65 bits per heavy atom. The van der Waals surface area contributed by atoms with Gasteiger partial charge in [0.1, 0.15) is 5.82 Å². The van der Waals surface area contributed by atoms with E-state index in [1.807, 2.05) is 6.07 Å². The monoisotopic (exact) mass is 298 g/mol. The minimum absolute atomic E-state index is 0.101. The summed E-state index contributed by atoms with van der Waals surface area (Å²) in [5, 5.41) is 0.172. The lowest BCUT2D eigenvalue weighted by molar-refractivity contribution is 0.131. The zero-order valence-corrected chi connectivity index (χ0v) is 12.9. The second kappa shape index (κ2) is 7.39. The van der Waals surface area contributed by atoms with Gasteiger partial charge in [-0.1, -0.05) is 37.4 Å². The highest BCUT2D eigenvalue weighted by atomic mass is 35.5. The third-order valence-electron chi connectivity index (χ3n) is 4.34. The lowest BCUT2D eigenvalue weighted by Crippen LogP contribution is -2.39. The molecule has 0 saturated carbocycles. The van der Waals surface area contributed by atoms with Crippen molar-refractivity contribution < 1.29 is 4.39 Å². The van der Waals surface area contributed by atoms with Crippen molar-refractivity contribution in [1.29, 1.82) is 0 Å². The van der Waals surface area contributed by atoms with Crippen molar-refractivity contribution in [2.45, 2.75) is 38.6 Å². The number of nitrogens with two attached hydrogens (primary N) is 1. The topological polar surface area (TPSA) is 29.3 Å². The highest BCUT2D eigenvalue weighted by molar-refractivity contribution is 6.30. The molecule has 112 valence electrons. The Balaban J connectivity index is 2.03. The van der Waals surface area contributed by atoms with E-state index in [1.54, 1.807) is 6.07 Å². The molecule has 1 heterocycles. The van der Waals surface area contributed by atoms with Gasteiger partial charge in [-0.3, -0.25) is 4.90 Å². The fraction of sp³-hybridized carbons (Fsp3) is 0.625.